The largest absolute Gasteiger partial charge is 0.397 e. The van der Waals surface area contributed by atoms with Crippen LogP contribution >= 0.6 is 0 Å². The van der Waals surface area contributed by atoms with Gasteiger partial charge >= 0.3 is 0 Å². The monoisotopic (exact) mass is 271 g/mol. The summed E-state index contributed by atoms with van der Waals surface area (Å²) in [5, 5.41) is 5.14. The minimum absolute atomic E-state index is 0.0912. The first-order valence-corrected chi connectivity index (χ1v) is 7.54. The molecule has 0 fully saturated rings. The van der Waals surface area contributed by atoms with E-state index in [0.29, 0.717) is 5.69 Å². The molecule has 0 bridgehead atoms. The van der Waals surface area contributed by atoms with Crippen molar-refractivity contribution in [1.29, 1.82) is 0 Å². The van der Waals surface area contributed by atoms with Gasteiger partial charge in [-0.1, -0.05) is 6.92 Å². The highest BCUT2D eigenvalue weighted by Crippen LogP contribution is 2.28. The molecule has 0 aliphatic carbocycles. The Kier molecular flexibility index (Phi) is 4.59. The van der Waals surface area contributed by atoms with Crippen LogP contribution in [-0.4, -0.2) is 21.0 Å². The zero-order valence-electron chi connectivity index (χ0n) is 11.1. The molecule has 0 aromatic heterocycles. The number of hydrogen-bond acceptors (Lipinski definition) is 4. The van der Waals surface area contributed by atoms with E-state index < -0.39 is 10.0 Å². The molecule has 1 aromatic carbocycles. The third-order valence-corrected chi connectivity index (χ3v) is 4.01. The lowest BCUT2D eigenvalue weighted by atomic mass is 10.1. The molecule has 102 valence electrons. The summed E-state index contributed by atoms with van der Waals surface area (Å²) in [5.74, 6) is 0. The molecule has 6 heteroatoms. The number of primary sulfonamides is 1. The van der Waals surface area contributed by atoms with Crippen LogP contribution in [0.25, 0.3) is 0 Å². The Morgan fingerprint density at radius 3 is 2.39 bits per heavy atom. The molecule has 18 heavy (non-hydrogen) atoms. The predicted molar refractivity (Wildman–Crippen MR) is 75.0 cm³/mol. The molecule has 1 rings (SSSR count). The molecular weight excluding hydrogens is 250 g/mol. The van der Waals surface area contributed by atoms with Gasteiger partial charge < -0.3 is 10.6 Å². The fraction of sp³-hybridized carbons (Fsp3) is 0.500. The second kappa shape index (κ2) is 5.58. The molecule has 0 aliphatic rings. The van der Waals surface area contributed by atoms with E-state index in [4.69, 9.17) is 10.9 Å². The van der Waals surface area contributed by atoms with Gasteiger partial charge in [0.05, 0.1) is 16.3 Å². The van der Waals surface area contributed by atoms with Crippen LogP contribution in [0.3, 0.4) is 0 Å². The number of nitrogen functional groups attached to an aromatic ring is 1. The second-order valence-corrected chi connectivity index (χ2v) is 5.87. The van der Waals surface area contributed by atoms with Gasteiger partial charge in [-0.05, 0) is 38.5 Å². The quantitative estimate of drug-likeness (QED) is 0.795. The zero-order valence-corrected chi connectivity index (χ0v) is 11.9. The van der Waals surface area contributed by atoms with E-state index in [1.165, 1.54) is 6.07 Å². The van der Waals surface area contributed by atoms with Crippen LogP contribution in [0, 0.1) is 0 Å². The average Bonchev–Trinajstić information content (AvgIpc) is 2.30. The van der Waals surface area contributed by atoms with Gasteiger partial charge in [0.15, 0.2) is 0 Å². The third-order valence-electron chi connectivity index (χ3n) is 3.10. The van der Waals surface area contributed by atoms with E-state index in [9.17, 15) is 8.42 Å². The Labute approximate surface area is 109 Å². The first-order valence-electron chi connectivity index (χ1n) is 6.00. The maximum atomic E-state index is 11.4. The van der Waals surface area contributed by atoms with Gasteiger partial charge in [-0.15, -0.1) is 0 Å². The van der Waals surface area contributed by atoms with E-state index >= 15 is 0 Å². The lowest BCUT2D eigenvalue weighted by molar-refractivity contribution is 0.597. The maximum Gasteiger partial charge on any atom is 0.238 e. The predicted octanol–water partition coefficient (Wildman–Crippen LogP) is 1.54. The van der Waals surface area contributed by atoms with Crippen molar-refractivity contribution in [3.63, 3.8) is 0 Å². The molecule has 0 radical (unpaired) electrons. The highest BCUT2D eigenvalue weighted by atomic mass is 32.2. The summed E-state index contributed by atoms with van der Waals surface area (Å²) >= 11 is 0. The van der Waals surface area contributed by atoms with E-state index in [1.54, 1.807) is 12.1 Å². The molecule has 5 nitrogen and oxygen atoms in total. The van der Waals surface area contributed by atoms with E-state index in [2.05, 4.69) is 18.7 Å². The van der Waals surface area contributed by atoms with E-state index in [0.717, 1.165) is 18.7 Å². The van der Waals surface area contributed by atoms with Crippen molar-refractivity contribution in [1.82, 2.24) is 0 Å². The zero-order chi connectivity index (χ0) is 13.9. The minimum Gasteiger partial charge on any atom is -0.397 e. The number of nitrogens with two attached hydrogens (primary N) is 2. The van der Waals surface area contributed by atoms with Crippen LogP contribution in [0.2, 0.25) is 0 Å². The Balaban J connectivity index is 3.30. The standard InChI is InChI=1S/C12H21N3O2S/c1-4-9(3)15(5-2)12-8-10(18(14,16)17)6-7-11(12)13/h6-9H,4-5,13H2,1-3H3,(H2,14,16,17). The molecule has 4 N–H and O–H groups in total. The average molecular weight is 271 g/mol. The van der Waals surface area contributed by atoms with Crippen LogP contribution in [0.5, 0.6) is 0 Å². The highest BCUT2D eigenvalue weighted by Gasteiger charge is 2.17. The topological polar surface area (TPSA) is 89.4 Å². The smallest absolute Gasteiger partial charge is 0.238 e. The number of rotatable bonds is 5. The molecule has 1 unspecified atom stereocenters. The van der Waals surface area contributed by atoms with Crippen molar-refractivity contribution in [3.05, 3.63) is 18.2 Å². The maximum absolute atomic E-state index is 11.4. The SMILES string of the molecule is CCC(C)N(CC)c1cc(S(N)(=O)=O)ccc1N. The van der Waals surface area contributed by atoms with Crippen LogP contribution < -0.4 is 15.8 Å². The molecule has 1 aromatic rings. The summed E-state index contributed by atoms with van der Waals surface area (Å²) < 4.78 is 22.7. The Morgan fingerprint density at radius 2 is 1.94 bits per heavy atom. The number of anilines is 2. The summed E-state index contributed by atoms with van der Waals surface area (Å²) in [7, 11) is -3.70. The minimum atomic E-state index is -3.70. The van der Waals surface area contributed by atoms with Gasteiger partial charge in [0.1, 0.15) is 0 Å². The van der Waals surface area contributed by atoms with Crippen molar-refractivity contribution >= 4 is 21.4 Å². The van der Waals surface area contributed by atoms with Crippen LogP contribution in [0.4, 0.5) is 11.4 Å². The molecular formula is C12H21N3O2S. The molecule has 1 atom stereocenters. The molecule has 0 amide bonds. The Bertz CT molecular complexity index is 514. The molecule has 0 saturated heterocycles. The van der Waals surface area contributed by atoms with Gasteiger partial charge in [-0.3, -0.25) is 0 Å². The van der Waals surface area contributed by atoms with E-state index in [-0.39, 0.29) is 10.9 Å². The van der Waals surface area contributed by atoms with Crippen LogP contribution in [-0.2, 0) is 10.0 Å². The first-order chi connectivity index (χ1) is 8.31. The van der Waals surface area contributed by atoms with Crippen molar-refractivity contribution in [3.8, 4) is 0 Å². The molecule has 0 heterocycles. The van der Waals surface area contributed by atoms with Gasteiger partial charge in [0, 0.05) is 12.6 Å². The number of nitrogens with zero attached hydrogens (tertiary/aromatic N) is 1. The van der Waals surface area contributed by atoms with Gasteiger partial charge in [0.2, 0.25) is 10.0 Å². The summed E-state index contributed by atoms with van der Waals surface area (Å²) in [5.41, 5.74) is 7.20. The lowest BCUT2D eigenvalue weighted by Gasteiger charge is -2.30. The van der Waals surface area contributed by atoms with Gasteiger partial charge in [-0.25, -0.2) is 13.6 Å². The number of benzene rings is 1. The second-order valence-electron chi connectivity index (χ2n) is 4.31. The van der Waals surface area contributed by atoms with Crippen molar-refractivity contribution in [2.75, 3.05) is 17.2 Å². The molecule has 0 aliphatic heterocycles. The Hall–Kier alpha value is -1.27. The number of sulfonamides is 1. The third kappa shape index (κ3) is 3.14. The first kappa shape index (κ1) is 14.8. The Morgan fingerprint density at radius 1 is 1.33 bits per heavy atom. The van der Waals surface area contributed by atoms with Crippen molar-refractivity contribution < 1.29 is 8.42 Å². The summed E-state index contributed by atoms with van der Waals surface area (Å²) in [6, 6.07) is 4.84. The van der Waals surface area contributed by atoms with E-state index in [1.807, 2.05) is 6.92 Å². The fourth-order valence-corrected chi connectivity index (χ4v) is 2.42. The normalized spacial score (nSPS) is 13.3. The summed E-state index contributed by atoms with van der Waals surface area (Å²) in [6.07, 6.45) is 0.951. The summed E-state index contributed by atoms with van der Waals surface area (Å²) in [6.45, 7) is 6.92. The van der Waals surface area contributed by atoms with Gasteiger partial charge in [0.25, 0.3) is 0 Å². The van der Waals surface area contributed by atoms with Crippen molar-refractivity contribution in [2.45, 2.75) is 38.1 Å². The number of hydrogen-bond donors (Lipinski definition) is 2. The van der Waals surface area contributed by atoms with Gasteiger partial charge in [-0.2, -0.15) is 0 Å². The molecule has 0 saturated carbocycles. The fourth-order valence-electron chi connectivity index (χ4n) is 1.89. The highest BCUT2D eigenvalue weighted by molar-refractivity contribution is 7.89. The van der Waals surface area contributed by atoms with Crippen molar-refractivity contribution in [2.24, 2.45) is 5.14 Å². The summed E-state index contributed by atoms with van der Waals surface area (Å²) in [4.78, 5) is 2.16. The molecule has 0 spiro atoms. The lowest BCUT2D eigenvalue weighted by Crippen LogP contribution is -2.33. The van der Waals surface area contributed by atoms with Crippen LogP contribution in [0.15, 0.2) is 23.1 Å². The van der Waals surface area contributed by atoms with Crippen LogP contribution in [0.1, 0.15) is 27.2 Å².